The number of carboxylic acids is 1. The summed E-state index contributed by atoms with van der Waals surface area (Å²) >= 11 is 0. The number of benzene rings is 1. The Morgan fingerprint density at radius 1 is 1.38 bits per heavy atom. The molecule has 4 nitrogen and oxygen atoms in total. The fourth-order valence-electron chi connectivity index (χ4n) is 1.17. The Morgan fingerprint density at radius 3 is 2.38 bits per heavy atom. The molecule has 16 heavy (non-hydrogen) atoms. The number of methoxy groups -OCH3 is 1. The van der Waals surface area contributed by atoms with E-state index in [1.54, 1.807) is 0 Å². The van der Waals surface area contributed by atoms with Crippen LogP contribution in [0.1, 0.15) is 11.7 Å². The van der Waals surface area contributed by atoms with E-state index in [-0.39, 0.29) is 6.07 Å². The van der Waals surface area contributed by atoms with Crippen molar-refractivity contribution in [2.24, 2.45) is 0 Å². The average molecular weight is 236 g/mol. The molecule has 0 amide bonds. The molecule has 0 spiro atoms. The minimum absolute atomic E-state index is 0.201. The maximum Gasteiger partial charge on any atom is 0.337 e. The van der Waals surface area contributed by atoms with Crippen LogP contribution in [-0.2, 0) is 4.79 Å². The van der Waals surface area contributed by atoms with Gasteiger partial charge in [0, 0.05) is 6.07 Å². The summed E-state index contributed by atoms with van der Waals surface area (Å²) in [5.41, 5.74) is -1.08. The van der Waals surface area contributed by atoms with Gasteiger partial charge in [-0.25, -0.2) is 18.0 Å². The summed E-state index contributed by atoms with van der Waals surface area (Å²) in [6, 6.07) is 0.201. The molecule has 0 aliphatic rings. The van der Waals surface area contributed by atoms with Crippen LogP contribution in [-0.4, -0.2) is 23.3 Å². The Labute approximate surface area is 87.9 Å². The molecule has 0 heterocycles. The van der Waals surface area contributed by atoms with Gasteiger partial charge in [-0.15, -0.1) is 0 Å². The topological polar surface area (TPSA) is 66.8 Å². The van der Waals surface area contributed by atoms with Crippen LogP contribution in [0.3, 0.4) is 0 Å². The molecule has 0 aliphatic heterocycles. The van der Waals surface area contributed by atoms with E-state index in [0.29, 0.717) is 0 Å². The van der Waals surface area contributed by atoms with E-state index in [9.17, 15) is 18.0 Å². The zero-order valence-corrected chi connectivity index (χ0v) is 8.00. The highest BCUT2D eigenvalue weighted by molar-refractivity contribution is 5.75. The Morgan fingerprint density at radius 2 is 1.94 bits per heavy atom. The van der Waals surface area contributed by atoms with Gasteiger partial charge in [0.1, 0.15) is 0 Å². The molecule has 1 aromatic carbocycles. The van der Waals surface area contributed by atoms with Crippen LogP contribution in [0, 0.1) is 17.5 Å². The van der Waals surface area contributed by atoms with Crippen LogP contribution in [0.2, 0.25) is 0 Å². The van der Waals surface area contributed by atoms with Crippen molar-refractivity contribution in [3.05, 3.63) is 29.1 Å². The Balaban J connectivity index is 3.50. The second-order valence-corrected chi connectivity index (χ2v) is 2.84. The maximum absolute atomic E-state index is 13.2. The first-order valence-electron chi connectivity index (χ1n) is 4.02. The third-order valence-electron chi connectivity index (χ3n) is 1.87. The predicted molar refractivity (Wildman–Crippen MR) is 45.5 cm³/mol. The lowest BCUT2D eigenvalue weighted by molar-refractivity contribution is -0.147. The van der Waals surface area contributed by atoms with E-state index in [0.717, 1.165) is 7.11 Å². The van der Waals surface area contributed by atoms with Gasteiger partial charge in [0.2, 0.25) is 0 Å². The molecule has 0 bridgehead atoms. The molecule has 2 N–H and O–H groups in total. The number of carbonyl (C=O) groups is 1. The minimum Gasteiger partial charge on any atom is -0.493 e. The zero-order valence-electron chi connectivity index (χ0n) is 8.00. The number of hydrogen-bond acceptors (Lipinski definition) is 3. The number of aliphatic hydroxyl groups excluding tert-OH is 1. The summed E-state index contributed by atoms with van der Waals surface area (Å²) in [6.45, 7) is 0. The zero-order chi connectivity index (χ0) is 12.5. The molecule has 1 unspecified atom stereocenters. The van der Waals surface area contributed by atoms with Gasteiger partial charge in [0.05, 0.1) is 12.7 Å². The van der Waals surface area contributed by atoms with Gasteiger partial charge >= 0.3 is 5.97 Å². The highest BCUT2D eigenvalue weighted by Gasteiger charge is 2.29. The summed E-state index contributed by atoms with van der Waals surface area (Å²) < 4.78 is 43.5. The summed E-state index contributed by atoms with van der Waals surface area (Å²) in [7, 11) is 0.938. The van der Waals surface area contributed by atoms with E-state index in [2.05, 4.69) is 4.74 Å². The minimum atomic E-state index is -2.40. The smallest absolute Gasteiger partial charge is 0.337 e. The van der Waals surface area contributed by atoms with Gasteiger partial charge in [-0.2, -0.15) is 0 Å². The van der Waals surface area contributed by atoms with Gasteiger partial charge in [0.15, 0.2) is 29.3 Å². The SMILES string of the molecule is COc1c(F)cc(F)c(F)c1C(O)C(=O)O. The third kappa shape index (κ3) is 1.94. The molecule has 0 radical (unpaired) electrons. The largest absolute Gasteiger partial charge is 0.493 e. The first-order chi connectivity index (χ1) is 7.40. The number of aliphatic carboxylic acids is 1. The average Bonchev–Trinajstić information content (AvgIpc) is 2.21. The fourth-order valence-corrected chi connectivity index (χ4v) is 1.17. The molecule has 1 rings (SSSR count). The van der Waals surface area contributed by atoms with Crippen LogP contribution in [0.4, 0.5) is 13.2 Å². The summed E-state index contributed by atoms with van der Waals surface area (Å²) in [6.07, 6.45) is -2.40. The standard InChI is InChI=1S/C9H7F3O4/c1-16-8-4(11)2-3(10)6(12)5(8)7(13)9(14)15/h2,7,13H,1H3,(H,14,15). The van der Waals surface area contributed by atoms with Crippen molar-refractivity contribution < 1.29 is 32.9 Å². The van der Waals surface area contributed by atoms with Crippen LogP contribution < -0.4 is 4.74 Å². The second-order valence-electron chi connectivity index (χ2n) is 2.84. The molecule has 0 fully saturated rings. The lowest BCUT2D eigenvalue weighted by Crippen LogP contribution is -2.15. The van der Waals surface area contributed by atoms with Crippen molar-refractivity contribution in [1.29, 1.82) is 0 Å². The van der Waals surface area contributed by atoms with Crippen LogP contribution in [0.5, 0.6) is 5.75 Å². The molecule has 1 atom stereocenters. The molecule has 88 valence electrons. The first kappa shape index (κ1) is 12.3. The number of halogens is 3. The van der Waals surface area contributed by atoms with Crippen molar-refractivity contribution in [1.82, 2.24) is 0 Å². The normalized spacial score (nSPS) is 12.3. The highest BCUT2D eigenvalue weighted by Crippen LogP contribution is 2.32. The number of hydrogen-bond donors (Lipinski definition) is 2. The third-order valence-corrected chi connectivity index (χ3v) is 1.87. The van der Waals surface area contributed by atoms with E-state index in [1.165, 1.54) is 0 Å². The molecular formula is C9H7F3O4. The fraction of sp³-hybridized carbons (Fsp3) is 0.222. The lowest BCUT2D eigenvalue weighted by atomic mass is 10.1. The Kier molecular flexibility index (Phi) is 3.38. The van der Waals surface area contributed by atoms with Gasteiger partial charge in [0.25, 0.3) is 0 Å². The summed E-state index contributed by atoms with van der Waals surface area (Å²) in [4.78, 5) is 10.4. The van der Waals surface area contributed by atoms with Crippen LogP contribution in [0.15, 0.2) is 6.07 Å². The number of ether oxygens (including phenoxy) is 1. The van der Waals surface area contributed by atoms with Crippen LogP contribution in [0.25, 0.3) is 0 Å². The molecule has 1 aromatic rings. The maximum atomic E-state index is 13.2. The number of carboxylic acid groups (broad SMARTS) is 1. The van der Waals surface area contributed by atoms with Crippen molar-refractivity contribution in [2.45, 2.75) is 6.10 Å². The van der Waals surface area contributed by atoms with Crippen molar-refractivity contribution >= 4 is 5.97 Å². The van der Waals surface area contributed by atoms with Crippen LogP contribution >= 0.6 is 0 Å². The Bertz CT molecular complexity index is 433. The van der Waals surface area contributed by atoms with E-state index in [1.807, 2.05) is 0 Å². The first-order valence-corrected chi connectivity index (χ1v) is 4.02. The van der Waals surface area contributed by atoms with Crippen molar-refractivity contribution in [2.75, 3.05) is 7.11 Å². The van der Waals surface area contributed by atoms with E-state index in [4.69, 9.17) is 10.2 Å². The monoisotopic (exact) mass is 236 g/mol. The van der Waals surface area contributed by atoms with E-state index < -0.39 is 40.8 Å². The Hall–Kier alpha value is -1.76. The molecule has 0 saturated carbocycles. The van der Waals surface area contributed by atoms with Crippen molar-refractivity contribution in [3.8, 4) is 5.75 Å². The molecule has 0 aromatic heterocycles. The highest BCUT2D eigenvalue weighted by atomic mass is 19.2. The molecule has 0 saturated heterocycles. The summed E-state index contributed by atoms with van der Waals surface area (Å²) in [5.74, 6) is -7.24. The number of rotatable bonds is 3. The number of aliphatic hydroxyl groups is 1. The van der Waals surface area contributed by atoms with Gasteiger partial charge in [-0.1, -0.05) is 0 Å². The quantitative estimate of drug-likeness (QED) is 0.774. The van der Waals surface area contributed by atoms with Gasteiger partial charge in [-0.3, -0.25) is 0 Å². The van der Waals surface area contributed by atoms with Gasteiger partial charge in [-0.05, 0) is 0 Å². The lowest BCUT2D eigenvalue weighted by Gasteiger charge is -2.13. The van der Waals surface area contributed by atoms with Crippen molar-refractivity contribution in [3.63, 3.8) is 0 Å². The predicted octanol–water partition coefficient (Wildman–Crippen LogP) is 1.23. The second kappa shape index (κ2) is 4.40. The summed E-state index contributed by atoms with van der Waals surface area (Å²) in [5, 5.41) is 17.5. The van der Waals surface area contributed by atoms with Gasteiger partial charge < -0.3 is 14.9 Å². The van der Waals surface area contributed by atoms with E-state index >= 15 is 0 Å². The molecule has 0 aliphatic carbocycles. The molecule has 7 heteroatoms. The molecular weight excluding hydrogens is 229 g/mol.